The van der Waals surface area contributed by atoms with Gasteiger partial charge in [0.05, 0.1) is 19.8 Å². The average Bonchev–Trinajstić information content (AvgIpc) is 1.89. The lowest BCUT2D eigenvalue weighted by atomic mass is 10.5. The second-order valence-corrected chi connectivity index (χ2v) is 1.54. The van der Waals surface area contributed by atoms with E-state index in [4.69, 9.17) is 9.84 Å². The van der Waals surface area contributed by atoms with E-state index in [0.29, 0.717) is 26.2 Å². The van der Waals surface area contributed by atoms with E-state index in [-0.39, 0.29) is 6.61 Å². The Hall–Kier alpha value is -0.480. The summed E-state index contributed by atoms with van der Waals surface area (Å²) < 4.78 is 4.84. The minimum Gasteiger partial charge on any atom is -0.394 e. The van der Waals surface area contributed by atoms with Crippen molar-refractivity contribution in [3.05, 3.63) is 4.91 Å². The van der Waals surface area contributed by atoms with Gasteiger partial charge in [-0.25, -0.2) is 0 Å². The Morgan fingerprint density at radius 2 is 2.22 bits per heavy atom. The molecule has 0 aromatic rings. The van der Waals surface area contributed by atoms with E-state index in [1.807, 2.05) is 0 Å². The standard InChI is InChI=1S/C5H11NO3/c7-3-5-9-4-1-2-6-8/h7H,1-5H2. The summed E-state index contributed by atoms with van der Waals surface area (Å²) in [7, 11) is 0. The van der Waals surface area contributed by atoms with E-state index >= 15 is 0 Å². The average molecular weight is 133 g/mol. The molecule has 0 saturated carbocycles. The summed E-state index contributed by atoms with van der Waals surface area (Å²) in [5.74, 6) is 0. The maximum absolute atomic E-state index is 9.48. The smallest absolute Gasteiger partial charge is 0.0833 e. The van der Waals surface area contributed by atoms with Gasteiger partial charge in [-0.1, -0.05) is 5.18 Å². The lowest BCUT2D eigenvalue weighted by Crippen LogP contribution is -2.01. The van der Waals surface area contributed by atoms with Crippen LogP contribution in [-0.2, 0) is 4.74 Å². The Balaban J connectivity index is 2.66. The Labute approximate surface area is 53.8 Å². The molecular formula is C5H11NO3. The first-order valence-corrected chi connectivity index (χ1v) is 2.89. The summed E-state index contributed by atoms with van der Waals surface area (Å²) in [5, 5.41) is 10.9. The summed E-state index contributed by atoms with van der Waals surface area (Å²) in [6.07, 6.45) is 0.642. The minimum atomic E-state index is 0.0362. The van der Waals surface area contributed by atoms with Crippen molar-refractivity contribution in [1.29, 1.82) is 0 Å². The van der Waals surface area contributed by atoms with Gasteiger partial charge in [-0.15, -0.1) is 0 Å². The van der Waals surface area contributed by atoms with Crippen molar-refractivity contribution < 1.29 is 9.84 Å². The molecule has 0 aliphatic rings. The normalized spacial score (nSPS) is 9.44. The lowest BCUT2D eigenvalue weighted by Gasteiger charge is -1.96. The highest BCUT2D eigenvalue weighted by molar-refractivity contribution is 4.40. The predicted molar refractivity (Wildman–Crippen MR) is 33.2 cm³/mol. The van der Waals surface area contributed by atoms with E-state index in [1.54, 1.807) is 0 Å². The number of hydrogen-bond acceptors (Lipinski definition) is 4. The molecule has 0 rings (SSSR count). The summed E-state index contributed by atoms with van der Waals surface area (Å²) in [6.45, 7) is 1.19. The van der Waals surface area contributed by atoms with Crippen LogP contribution in [0.25, 0.3) is 0 Å². The van der Waals surface area contributed by atoms with E-state index < -0.39 is 0 Å². The second kappa shape index (κ2) is 7.52. The van der Waals surface area contributed by atoms with Gasteiger partial charge in [0, 0.05) is 6.61 Å². The van der Waals surface area contributed by atoms with Crippen molar-refractivity contribution in [2.45, 2.75) is 6.42 Å². The fourth-order valence-electron chi connectivity index (χ4n) is 0.398. The van der Waals surface area contributed by atoms with Crippen molar-refractivity contribution in [3.8, 4) is 0 Å². The first-order chi connectivity index (χ1) is 4.41. The predicted octanol–water partition coefficient (Wildman–Crippen LogP) is 0.152. The van der Waals surface area contributed by atoms with Crippen LogP contribution in [0.15, 0.2) is 5.18 Å². The third kappa shape index (κ3) is 7.52. The van der Waals surface area contributed by atoms with Crippen LogP contribution in [0.5, 0.6) is 0 Å². The molecule has 4 heteroatoms. The zero-order valence-corrected chi connectivity index (χ0v) is 5.25. The molecular weight excluding hydrogens is 122 g/mol. The Kier molecular flexibility index (Phi) is 7.12. The van der Waals surface area contributed by atoms with Crippen molar-refractivity contribution in [3.63, 3.8) is 0 Å². The largest absolute Gasteiger partial charge is 0.394 e. The van der Waals surface area contributed by atoms with Crippen molar-refractivity contribution >= 4 is 0 Å². The van der Waals surface area contributed by atoms with Gasteiger partial charge in [-0.3, -0.25) is 0 Å². The molecule has 54 valence electrons. The molecule has 0 spiro atoms. The Morgan fingerprint density at radius 3 is 2.78 bits per heavy atom. The van der Waals surface area contributed by atoms with E-state index in [1.165, 1.54) is 0 Å². The van der Waals surface area contributed by atoms with Crippen LogP contribution >= 0.6 is 0 Å². The lowest BCUT2D eigenvalue weighted by molar-refractivity contribution is 0.0917. The van der Waals surface area contributed by atoms with Gasteiger partial charge < -0.3 is 9.84 Å². The molecule has 0 fully saturated rings. The number of ether oxygens (including phenoxy) is 1. The number of hydrogen-bond donors (Lipinski definition) is 1. The van der Waals surface area contributed by atoms with E-state index in [0.717, 1.165) is 0 Å². The van der Waals surface area contributed by atoms with Crippen LogP contribution in [0.1, 0.15) is 6.42 Å². The first-order valence-electron chi connectivity index (χ1n) is 2.89. The van der Waals surface area contributed by atoms with Gasteiger partial charge >= 0.3 is 0 Å². The zero-order valence-electron chi connectivity index (χ0n) is 5.25. The van der Waals surface area contributed by atoms with E-state index in [2.05, 4.69) is 5.18 Å². The molecule has 0 heterocycles. The highest BCUT2D eigenvalue weighted by Crippen LogP contribution is 1.81. The molecule has 0 aromatic heterocycles. The Morgan fingerprint density at radius 1 is 1.44 bits per heavy atom. The monoisotopic (exact) mass is 133 g/mol. The summed E-state index contributed by atoms with van der Waals surface area (Å²) in [5.41, 5.74) is 0. The number of nitrogens with zero attached hydrogens (tertiary/aromatic N) is 1. The molecule has 0 aliphatic carbocycles. The van der Waals surface area contributed by atoms with Crippen LogP contribution in [0.4, 0.5) is 0 Å². The van der Waals surface area contributed by atoms with Crippen LogP contribution in [-0.4, -0.2) is 31.5 Å². The van der Waals surface area contributed by atoms with Gasteiger partial charge in [0.25, 0.3) is 0 Å². The third-order valence-corrected chi connectivity index (χ3v) is 0.774. The molecule has 0 atom stereocenters. The maximum Gasteiger partial charge on any atom is 0.0833 e. The number of aliphatic hydroxyl groups is 1. The Bertz CT molecular complexity index is 67.2. The van der Waals surface area contributed by atoms with Crippen LogP contribution < -0.4 is 0 Å². The summed E-state index contributed by atoms with van der Waals surface area (Å²) >= 11 is 0. The van der Waals surface area contributed by atoms with Crippen LogP contribution in [0, 0.1) is 4.91 Å². The third-order valence-electron chi connectivity index (χ3n) is 0.774. The molecule has 0 saturated heterocycles. The van der Waals surface area contributed by atoms with Gasteiger partial charge in [-0.05, 0) is 6.42 Å². The quantitative estimate of drug-likeness (QED) is 0.414. The van der Waals surface area contributed by atoms with Crippen LogP contribution in [0.3, 0.4) is 0 Å². The fourth-order valence-corrected chi connectivity index (χ4v) is 0.398. The van der Waals surface area contributed by atoms with Crippen molar-refractivity contribution in [2.24, 2.45) is 5.18 Å². The van der Waals surface area contributed by atoms with E-state index in [9.17, 15) is 4.91 Å². The minimum absolute atomic E-state index is 0.0362. The molecule has 0 aromatic carbocycles. The fraction of sp³-hybridized carbons (Fsp3) is 1.00. The molecule has 0 unspecified atom stereocenters. The molecule has 0 bridgehead atoms. The molecule has 0 aliphatic heterocycles. The topological polar surface area (TPSA) is 58.9 Å². The number of rotatable bonds is 6. The summed E-state index contributed by atoms with van der Waals surface area (Å²) in [6, 6.07) is 0. The highest BCUT2D eigenvalue weighted by atomic mass is 16.5. The van der Waals surface area contributed by atoms with Gasteiger partial charge in [0.1, 0.15) is 0 Å². The maximum atomic E-state index is 9.48. The number of nitroso groups, excluding NO2 is 1. The van der Waals surface area contributed by atoms with Crippen molar-refractivity contribution in [2.75, 3.05) is 26.4 Å². The van der Waals surface area contributed by atoms with Gasteiger partial charge in [-0.2, -0.15) is 4.91 Å². The zero-order chi connectivity index (χ0) is 6.95. The second-order valence-electron chi connectivity index (χ2n) is 1.54. The molecule has 1 N–H and O–H groups in total. The van der Waals surface area contributed by atoms with Crippen molar-refractivity contribution in [1.82, 2.24) is 0 Å². The SMILES string of the molecule is O=NCCCOCCO. The van der Waals surface area contributed by atoms with Gasteiger partial charge in [0.2, 0.25) is 0 Å². The molecule has 4 nitrogen and oxygen atoms in total. The molecule has 0 radical (unpaired) electrons. The highest BCUT2D eigenvalue weighted by Gasteiger charge is 1.85. The van der Waals surface area contributed by atoms with Gasteiger partial charge in [0.15, 0.2) is 0 Å². The first kappa shape index (κ1) is 8.52. The number of aliphatic hydroxyl groups excluding tert-OH is 1. The molecule has 9 heavy (non-hydrogen) atoms. The van der Waals surface area contributed by atoms with Crippen LogP contribution in [0.2, 0.25) is 0 Å². The summed E-state index contributed by atoms with van der Waals surface area (Å²) in [4.78, 5) is 9.48. The molecule has 0 amide bonds.